The standard InChI is InChI=1S/C23H20O6/c1-14(24)15-5-7-19(8-6-15)27-13-23(26)28-12-18-11-22(25)29-21-10-17-4-2-3-16(17)9-20(18)21/h5-11H,2-4,12-13H2,1H3. The van der Waals surface area contributed by atoms with Gasteiger partial charge in [0.15, 0.2) is 12.4 Å². The van der Waals surface area contributed by atoms with Crippen LogP contribution in [0.4, 0.5) is 0 Å². The molecule has 0 N–H and O–H groups in total. The van der Waals surface area contributed by atoms with Crippen molar-refractivity contribution in [1.29, 1.82) is 0 Å². The fraction of sp³-hybridized carbons (Fsp3) is 0.261. The fourth-order valence-electron chi connectivity index (χ4n) is 3.54. The Kier molecular flexibility index (Phi) is 5.16. The maximum atomic E-state index is 12.1. The monoisotopic (exact) mass is 392 g/mol. The van der Waals surface area contributed by atoms with Gasteiger partial charge in [-0.1, -0.05) is 0 Å². The highest BCUT2D eigenvalue weighted by atomic mass is 16.6. The van der Waals surface area contributed by atoms with Crippen molar-refractivity contribution >= 4 is 22.7 Å². The van der Waals surface area contributed by atoms with Gasteiger partial charge in [-0.3, -0.25) is 4.79 Å². The lowest BCUT2D eigenvalue weighted by Gasteiger charge is -2.10. The Morgan fingerprint density at radius 3 is 2.48 bits per heavy atom. The molecule has 0 saturated heterocycles. The lowest BCUT2D eigenvalue weighted by atomic mass is 10.0. The van der Waals surface area contributed by atoms with Crippen LogP contribution < -0.4 is 10.4 Å². The van der Waals surface area contributed by atoms with Gasteiger partial charge in [-0.15, -0.1) is 0 Å². The average Bonchev–Trinajstić information content (AvgIpc) is 3.16. The SMILES string of the molecule is CC(=O)c1ccc(OCC(=O)OCc2cc(=O)oc3cc4c(cc23)CCC4)cc1. The molecule has 0 bridgehead atoms. The largest absolute Gasteiger partial charge is 0.482 e. The van der Waals surface area contributed by atoms with Crippen molar-refractivity contribution in [1.82, 2.24) is 0 Å². The maximum absolute atomic E-state index is 12.1. The second-order valence-electron chi connectivity index (χ2n) is 7.09. The molecule has 1 aliphatic carbocycles. The summed E-state index contributed by atoms with van der Waals surface area (Å²) in [6.07, 6.45) is 3.07. The van der Waals surface area contributed by atoms with E-state index in [0.717, 1.165) is 24.6 Å². The van der Waals surface area contributed by atoms with Gasteiger partial charge in [0.1, 0.15) is 17.9 Å². The van der Waals surface area contributed by atoms with Gasteiger partial charge >= 0.3 is 11.6 Å². The van der Waals surface area contributed by atoms with Gasteiger partial charge in [0.25, 0.3) is 0 Å². The van der Waals surface area contributed by atoms with E-state index in [1.54, 1.807) is 24.3 Å². The number of aryl methyl sites for hydroxylation is 2. The summed E-state index contributed by atoms with van der Waals surface area (Å²) in [5.74, 6) is -0.127. The predicted molar refractivity (Wildman–Crippen MR) is 106 cm³/mol. The lowest BCUT2D eigenvalue weighted by Crippen LogP contribution is -2.15. The van der Waals surface area contributed by atoms with Crippen LogP contribution in [-0.4, -0.2) is 18.4 Å². The summed E-state index contributed by atoms with van der Waals surface area (Å²) in [6.45, 7) is 1.18. The van der Waals surface area contributed by atoms with Gasteiger partial charge < -0.3 is 13.9 Å². The minimum absolute atomic E-state index is 0.0354. The van der Waals surface area contributed by atoms with Crippen LogP contribution in [-0.2, 0) is 29.0 Å². The van der Waals surface area contributed by atoms with Crippen LogP contribution in [0, 0.1) is 0 Å². The van der Waals surface area contributed by atoms with Crippen molar-refractivity contribution in [3.05, 3.63) is 75.1 Å². The van der Waals surface area contributed by atoms with E-state index in [0.29, 0.717) is 22.5 Å². The smallest absolute Gasteiger partial charge is 0.344 e. The lowest BCUT2D eigenvalue weighted by molar-refractivity contribution is -0.147. The number of ketones is 1. The molecule has 0 amide bonds. The average molecular weight is 392 g/mol. The topological polar surface area (TPSA) is 82.8 Å². The number of carbonyl (C=O) groups is 2. The maximum Gasteiger partial charge on any atom is 0.344 e. The number of fused-ring (bicyclic) bond motifs is 2. The third kappa shape index (κ3) is 4.21. The zero-order chi connectivity index (χ0) is 20.4. The van der Waals surface area contributed by atoms with Crippen LogP contribution in [0.2, 0.25) is 0 Å². The van der Waals surface area contributed by atoms with Crippen molar-refractivity contribution in [2.45, 2.75) is 32.8 Å². The summed E-state index contributed by atoms with van der Waals surface area (Å²) in [5.41, 5.74) is 3.69. The molecule has 0 radical (unpaired) electrons. The molecule has 1 aromatic heterocycles. The minimum Gasteiger partial charge on any atom is -0.482 e. The van der Waals surface area contributed by atoms with Crippen molar-refractivity contribution in [2.24, 2.45) is 0 Å². The zero-order valence-corrected chi connectivity index (χ0v) is 16.0. The molecule has 148 valence electrons. The molecule has 0 spiro atoms. The molecule has 2 aromatic carbocycles. The van der Waals surface area contributed by atoms with Gasteiger partial charge in [-0.2, -0.15) is 0 Å². The molecular formula is C23H20O6. The first-order valence-corrected chi connectivity index (χ1v) is 9.47. The summed E-state index contributed by atoms with van der Waals surface area (Å²) in [4.78, 5) is 35.2. The van der Waals surface area contributed by atoms with Gasteiger partial charge in [-0.25, -0.2) is 9.59 Å². The normalized spacial score (nSPS) is 12.6. The second-order valence-corrected chi connectivity index (χ2v) is 7.09. The quantitative estimate of drug-likeness (QED) is 0.362. The molecule has 6 nitrogen and oxygen atoms in total. The number of rotatable bonds is 6. The van der Waals surface area contributed by atoms with E-state index < -0.39 is 11.6 Å². The number of hydrogen-bond donors (Lipinski definition) is 0. The second kappa shape index (κ2) is 7.91. The summed E-state index contributed by atoms with van der Waals surface area (Å²) in [7, 11) is 0. The highest BCUT2D eigenvalue weighted by molar-refractivity contribution is 5.94. The Morgan fingerprint density at radius 1 is 1.03 bits per heavy atom. The Labute approximate surface area is 167 Å². The molecule has 1 heterocycles. The minimum atomic E-state index is -0.553. The predicted octanol–water partition coefficient (Wildman–Crippen LogP) is 3.61. The molecule has 0 saturated carbocycles. The molecule has 0 aliphatic heterocycles. The molecular weight excluding hydrogens is 372 g/mol. The summed E-state index contributed by atoms with van der Waals surface area (Å²) < 4.78 is 16.0. The highest BCUT2D eigenvalue weighted by Crippen LogP contribution is 2.28. The zero-order valence-electron chi connectivity index (χ0n) is 16.0. The Morgan fingerprint density at radius 2 is 1.76 bits per heavy atom. The highest BCUT2D eigenvalue weighted by Gasteiger charge is 2.16. The molecule has 6 heteroatoms. The molecule has 3 aromatic rings. The number of carbonyl (C=O) groups excluding carboxylic acids is 2. The molecule has 1 aliphatic rings. The number of benzene rings is 2. The summed E-state index contributed by atoms with van der Waals surface area (Å²) in [5, 5.41) is 0.791. The van der Waals surface area contributed by atoms with Crippen LogP contribution in [0.3, 0.4) is 0 Å². The van der Waals surface area contributed by atoms with E-state index >= 15 is 0 Å². The number of Topliss-reactive ketones (excluding diaryl/α,β-unsaturated/α-hetero) is 1. The van der Waals surface area contributed by atoms with Crippen LogP contribution in [0.25, 0.3) is 11.0 Å². The van der Waals surface area contributed by atoms with E-state index in [1.165, 1.54) is 24.1 Å². The molecule has 4 rings (SSSR count). The van der Waals surface area contributed by atoms with Gasteiger partial charge in [-0.05, 0) is 73.7 Å². The van der Waals surface area contributed by atoms with Gasteiger partial charge in [0.05, 0.1) is 0 Å². The summed E-state index contributed by atoms with van der Waals surface area (Å²) >= 11 is 0. The van der Waals surface area contributed by atoms with Crippen LogP contribution in [0.5, 0.6) is 5.75 Å². The Bertz CT molecular complexity index is 1140. The Hall–Kier alpha value is -3.41. The van der Waals surface area contributed by atoms with Crippen LogP contribution in [0.1, 0.15) is 40.4 Å². The van der Waals surface area contributed by atoms with Crippen molar-refractivity contribution in [2.75, 3.05) is 6.61 Å². The third-order valence-electron chi connectivity index (χ3n) is 5.05. The first-order chi connectivity index (χ1) is 14.0. The first-order valence-electron chi connectivity index (χ1n) is 9.47. The Balaban J connectivity index is 1.42. The van der Waals surface area contributed by atoms with Crippen molar-refractivity contribution in [3.8, 4) is 5.75 Å². The summed E-state index contributed by atoms with van der Waals surface area (Å²) in [6, 6.07) is 11.8. The van der Waals surface area contributed by atoms with Gasteiger partial charge in [0.2, 0.25) is 0 Å². The van der Waals surface area contributed by atoms with E-state index in [2.05, 4.69) is 0 Å². The van der Waals surface area contributed by atoms with E-state index in [1.807, 2.05) is 12.1 Å². The van der Waals surface area contributed by atoms with Crippen molar-refractivity contribution in [3.63, 3.8) is 0 Å². The fourth-order valence-corrected chi connectivity index (χ4v) is 3.54. The van der Waals surface area contributed by atoms with E-state index in [9.17, 15) is 14.4 Å². The number of hydrogen-bond acceptors (Lipinski definition) is 6. The molecule has 29 heavy (non-hydrogen) atoms. The number of ether oxygens (including phenoxy) is 2. The molecule has 0 fully saturated rings. The molecule has 0 atom stereocenters. The first kappa shape index (κ1) is 18.9. The van der Waals surface area contributed by atoms with E-state index in [4.69, 9.17) is 13.9 Å². The van der Waals surface area contributed by atoms with Crippen molar-refractivity contribution < 1.29 is 23.5 Å². The van der Waals surface area contributed by atoms with Crippen LogP contribution in [0.15, 0.2) is 51.7 Å². The number of esters is 1. The molecule has 0 unspecified atom stereocenters. The van der Waals surface area contributed by atoms with Crippen LogP contribution >= 0.6 is 0 Å². The van der Waals surface area contributed by atoms with E-state index in [-0.39, 0.29) is 19.0 Å². The third-order valence-corrected chi connectivity index (χ3v) is 5.05. The van der Waals surface area contributed by atoms with Gasteiger partial charge in [0, 0.05) is 22.6 Å².